The molecule has 19 atom stereocenters. The van der Waals surface area contributed by atoms with Gasteiger partial charge in [0.2, 0.25) is 11.5 Å². The third kappa shape index (κ3) is 14.7. The summed E-state index contributed by atoms with van der Waals surface area (Å²) in [6.07, 6.45) is 55.7. The van der Waals surface area contributed by atoms with Gasteiger partial charge in [-0.05, 0) is 288 Å². The van der Waals surface area contributed by atoms with Crippen LogP contribution < -0.4 is 0 Å². The van der Waals surface area contributed by atoms with Crippen molar-refractivity contribution in [2.75, 3.05) is 0 Å². The maximum Gasteiger partial charge on any atom is 0.282 e. The highest BCUT2D eigenvalue weighted by atomic mass is 16.5. The molecule has 688 valence electrons. The molecule has 14 nitrogen and oxygen atoms in total. The van der Waals surface area contributed by atoms with Gasteiger partial charge in [-0.1, -0.05) is 234 Å². The minimum Gasteiger partial charge on any atom is -0.515 e. The number of ketones is 7. The molecule has 14 heteroatoms. The van der Waals surface area contributed by atoms with Crippen LogP contribution in [-0.4, -0.2) is 61.9 Å². The lowest BCUT2D eigenvalue weighted by atomic mass is 9.43. The number of fused-ring (bicyclic) bond motifs is 20. The summed E-state index contributed by atoms with van der Waals surface area (Å²) in [7, 11) is 0. The molecule has 1 N–H and O–H groups in total. The summed E-state index contributed by atoms with van der Waals surface area (Å²) < 4.78 is 11.3. The summed E-state index contributed by atoms with van der Waals surface area (Å²) in [4.78, 5) is 93.6. The normalized spacial score (nSPS) is 42.1. The van der Waals surface area contributed by atoms with Gasteiger partial charge in [0.05, 0.1) is 25.2 Å². The second kappa shape index (κ2) is 31.8. The molecule has 2 heterocycles. The monoisotopic (exact) mass is 1730 g/mol. The van der Waals surface area contributed by atoms with Gasteiger partial charge in [0.15, 0.2) is 28.9 Å². The second-order valence-electron chi connectivity index (χ2n) is 50.7. The van der Waals surface area contributed by atoms with Crippen molar-refractivity contribution in [1.29, 1.82) is 0 Å². The number of nitrogens with zero attached hydrogens (tertiary/aromatic N) is 4. The van der Waals surface area contributed by atoms with Crippen LogP contribution in [0.2, 0.25) is 0 Å². The Bertz CT molecular complexity index is 5220. The second-order valence-corrected chi connectivity index (χ2v) is 50.7. The van der Waals surface area contributed by atoms with Crippen LogP contribution >= 0.6 is 0 Å². The number of aromatic nitrogens is 2. The van der Waals surface area contributed by atoms with Gasteiger partial charge in [-0.15, -0.1) is 0 Å². The Kier molecular flexibility index (Phi) is 23.6. The van der Waals surface area contributed by atoms with Crippen molar-refractivity contribution in [2.45, 2.75) is 395 Å². The molecule has 18 aliphatic carbocycles. The molecule has 0 spiro atoms. The van der Waals surface area contributed by atoms with Crippen molar-refractivity contribution in [1.82, 2.24) is 10.3 Å². The molecule has 2 aromatic rings. The van der Waals surface area contributed by atoms with Crippen LogP contribution in [0.25, 0.3) is 9.69 Å². The Morgan fingerprint density at radius 1 is 0.378 bits per heavy atom. The van der Waals surface area contributed by atoms with Crippen molar-refractivity contribution < 1.29 is 47.7 Å². The van der Waals surface area contributed by atoms with Gasteiger partial charge in [0, 0.05) is 92.1 Å². The molecule has 0 saturated heterocycles. The molecule has 20 rings (SSSR count). The minimum absolute atomic E-state index is 0.0263. The number of rotatable bonds is 0. The fourth-order valence-corrected chi connectivity index (χ4v) is 34.2. The molecule has 127 heavy (non-hydrogen) atoms. The molecule has 2 aromatic heterocycles. The van der Waals surface area contributed by atoms with E-state index in [0.717, 1.165) is 100 Å². The summed E-state index contributed by atoms with van der Waals surface area (Å²) in [5.74, 6) is 6.10. The summed E-state index contributed by atoms with van der Waals surface area (Å²) in [5.41, 5.74) is 12.3. The van der Waals surface area contributed by atoms with Crippen molar-refractivity contribution in [3.05, 3.63) is 151 Å². The van der Waals surface area contributed by atoms with Gasteiger partial charge in [0.25, 0.3) is 6.04 Å². The number of hydrogen-bond acceptors (Lipinski definition) is 12. The third-order valence-electron chi connectivity index (χ3n) is 40.6. The number of Topliss-reactive ketones (excluding diaryl/α,β-unsaturated/α-hetero) is 4. The van der Waals surface area contributed by atoms with E-state index < -0.39 is 16.9 Å². The lowest BCUT2D eigenvalue weighted by Crippen LogP contribution is -2.58. The number of carbonyl (C=O) groups is 7. The average molecular weight is 1730 g/mol. The first-order chi connectivity index (χ1) is 59.0. The van der Waals surface area contributed by atoms with E-state index in [1.807, 2.05) is 64.4 Å². The number of aliphatic hydroxyl groups excluding tert-OH is 1. The fraction of sp³-hybridized carbons (Fsp3) is 0.726. The lowest BCUT2D eigenvalue weighted by molar-refractivity contribution is -0.142. The van der Waals surface area contributed by atoms with E-state index in [2.05, 4.69) is 177 Å². The molecule has 0 aliphatic heterocycles. The Balaban J connectivity index is 0.000000117. The Morgan fingerprint density at radius 2 is 0.732 bits per heavy atom. The van der Waals surface area contributed by atoms with E-state index in [-0.39, 0.29) is 117 Å². The van der Waals surface area contributed by atoms with Gasteiger partial charge >= 0.3 is 0 Å². The third-order valence-corrected chi connectivity index (χ3v) is 40.6. The summed E-state index contributed by atoms with van der Waals surface area (Å²) in [6, 6.07) is -0.559. The highest BCUT2D eigenvalue weighted by Crippen LogP contribution is 2.73. The molecule has 0 aromatic carbocycles. The highest BCUT2D eigenvalue weighted by Gasteiger charge is 2.67. The Labute approximate surface area is 762 Å². The van der Waals surface area contributed by atoms with Crippen molar-refractivity contribution >= 4 is 40.5 Å². The van der Waals surface area contributed by atoms with Crippen molar-refractivity contribution in [2.24, 2.45) is 122 Å². The van der Waals surface area contributed by atoms with Gasteiger partial charge in [-0.25, -0.2) is 11.4 Å². The topological polar surface area (TPSA) is 200 Å². The van der Waals surface area contributed by atoms with Crippen LogP contribution in [-0.2, 0) is 57.2 Å². The first-order valence-electron chi connectivity index (χ1n) is 49.8. The molecule has 18 aliphatic rings. The zero-order chi connectivity index (χ0) is 92.7. The predicted octanol–water partition coefficient (Wildman–Crippen LogP) is 27.2. The Morgan fingerprint density at radius 3 is 1.16 bits per heavy atom. The quantitative estimate of drug-likeness (QED) is 0.113. The standard InChI is InChI=1S/2C19H25NO2.C19H23NO2.C19H27NO.C19H28O2.C18H28O/c1-17(2)14-6-8-18(3)7-5-13(21)9-15(18)19(14,4)10-12-11-20-22-16(12)17;2*1-17(2)14-7-9-18(3)8-6-12(21)10-15(18)19(14,4)11-13(20-5)16(17)22;1-17(2)14-8-10-18(3)9-6-5-7-15(18)19(14,4)11-13-12-20-21-16(13)17;1-17(2)14-8-10-18(3)9-6-5-7-15(18)19(14,4)11-13(12-20)16(17)21;1-16(2)13-8-11-17(3)10-6-5-7-14(17)18(13,4)12-9-15(16)19/h9,11,14H,5-8,10H2,1-4H3;10,13-14H,6-9,11H2,1-4H3;10-11,14H,6-9H2,1-4H3;7,12,14H,5-6,8-11H2,1-4H3;7,12,14,20H,5-6,8-11H2,1-4H3;7,13H,5-6,8-12H2,1-4H3/b;;;;13-12-;/t14-,18+,19-;13?,14-,18+,19-;3*14-,18+,19-;13-,17+,18-/m000000/s1. The van der Waals surface area contributed by atoms with Crippen LogP contribution in [0, 0.1) is 135 Å². The fourth-order valence-electron chi connectivity index (χ4n) is 34.2. The molecule has 9 fully saturated rings. The maximum atomic E-state index is 12.7. The number of aliphatic hydroxyl groups is 1. The molecule has 0 radical (unpaired) electrons. The molecule has 0 amide bonds. The molecule has 0 bridgehead atoms. The van der Waals surface area contributed by atoms with Crippen LogP contribution in [0.3, 0.4) is 0 Å². The highest BCUT2D eigenvalue weighted by molar-refractivity contribution is 6.03. The van der Waals surface area contributed by atoms with Crippen LogP contribution in [0.1, 0.15) is 388 Å². The van der Waals surface area contributed by atoms with Crippen molar-refractivity contribution in [3.8, 4) is 0 Å². The summed E-state index contributed by atoms with van der Waals surface area (Å²) in [5, 5.41) is 17.7. The van der Waals surface area contributed by atoms with Gasteiger partial charge in [-0.2, -0.15) is 0 Å². The Hall–Kier alpha value is -7.19. The molecular formula is C113H156N4O10. The summed E-state index contributed by atoms with van der Waals surface area (Å²) in [6.45, 7) is 68.9. The van der Waals surface area contributed by atoms with E-state index in [1.54, 1.807) is 16.7 Å². The predicted molar refractivity (Wildman–Crippen MR) is 502 cm³/mol. The lowest BCUT2D eigenvalue weighted by Gasteiger charge is -2.60. The summed E-state index contributed by atoms with van der Waals surface area (Å²) >= 11 is 0. The van der Waals surface area contributed by atoms with Gasteiger partial charge in [0.1, 0.15) is 17.3 Å². The van der Waals surface area contributed by atoms with E-state index in [4.69, 9.17) is 22.2 Å². The van der Waals surface area contributed by atoms with E-state index in [1.165, 1.54) is 125 Å². The van der Waals surface area contributed by atoms with Gasteiger partial charge < -0.3 is 23.8 Å². The van der Waals surface area contributed by atoms with Crippen LogP contribution in [0.4, 0.5) is 0 Å². The number of hydrogen-bond donors (Lipinski definition) is 1. The van der Waals surface area contributed by atoms with Crippen molar-refractivity contribution in [3.63, 3.8) is 0 Å². The largest absolute Gasteiger partial charge is 0.515 e. The smallest absolute Gasteiger partial charge is 0.282 e. The first kappa shape index (κ1) is 94.5. The first-order valence-corrected chi connectivity index (χ1v) is 49.8. The molecule has 9 saturated carbocycles. The maximum absolute atomic E-state index is 12.7. The van der Waals surface area contributed by atoms with Crippen LogP contribution in [0.15, 0.2) is 115 Å². The number of carbonyl (C=O) groups excluding carboxylic acids is 7. The van der Waals surface area contributed by atoms with E-state index in [9.17, 15) is 38.7 Å². The number of allylic oxidation sites excluding steroid dienone is 15. The zero-order valence-electron chi connectivity index (χ0n) is 82.6. The molecule has 1 unspecified atom stereocenters. The minimum atomic E-state index is -0.559. The SMILES string of the molecule is CC1(C)C(=O)/C(=C\O)C[C@]2(C)C3=CCCC[C@]3(C)CC[C@@H]12.CC1(C)C(=O)CC[C@]2(C)C3=CCCC[C@]3(C)CC[C@@H]12.CC1(C)c2oncc2C[C@]2(C)C3=CC(=O)CC[C@]3(C)CC[C@@H]12.CC1(C)c2oncc2C[C@]2(C)C3=CCCC[C@]3(C)CC[C@@H]12.[C-]#[N+]C1=C[C@]2(C)C3=CC(=O)CC[C@]3(C)CC[C@H]2C(C)(C)C1=O.[C-]#[N+]C1C[C@]2(C)C3=CC(=O)CC[C@]3(C)CC[C@H]2C(C)(C)C1=O. The van der Waals surface area contributed by atoms with Crippen LogP contribution in [0.5, 0.6) is 0 Å². The van der Waals surface area contributed by atoms with E-state index >= 15 is 0 Å². The van der Waals surface area contributed by atoms with E-state index in [0.29, 0.717) is 89.2 Å². The average Bonchev–Trinajstić information content (AvgIpc) is 1.71. The molecular weight excluding hydrogens is 1570 g/mol. The van der Waals surface area contributed by atoms with Gasteiger partial charge in [-0.3, -0.25) is 28.8 Å². The zero-order valence-corrected chi connectivity index (χ0v) is 82.6.